The zero-order chi connectivity index (χ0) is 34.9. The Labute approximate surface area is 283 Å². The topological polar surface area (TPSA) is 124 Å². The van der Waals surface area contributed by atoms with Gasteiger partial charge in [-0.15, -0.1) is 0 Å². The molecule has 14 heteroatoms. The number of anilines is 2. The molecule has 4 aromatic carbocycles. The molecule has 0 radical (unpaired) electrons. The number of halogens is 3. The molecular weight excluding hydrogens is 659 g/mol. The summed E-state index contributed by atoms with van der Waals surface area (Å²) in [6.45, 7) is 3.84. The molecule has 1 fully saturated rings. The standard InChI is InChI=1S/C35H30F3N5O5S/c1-19-14-26(15-20(2)31(19)41-33(45)39-23-8-6-22(7-9-23)35(36,37)38)48-25-12-13-27-28(17-25)43(3)30(40-27)18-47-24-10-4-21(5-11-24)16-29-32(44)42-34(46)49-29/h4-15,17,29H,16,18H2,1-3H3,(H2,39,41,45)(H,42,44,46). The highest BCUT2D eigenvalue weighted by atomic mass is 32.2. The Bertz CT molecular complexity index is 2040. The number of imide groups is 1. The maximum Gasteiger partial charge on any atom is 0.416 e. The van der Waals surface area contributed by atoms with Crippen LogP contribution >= 0.6 is 11.8 Å². The monoisotopic (exact) mass is 689 g/mol. The number of carbonyl (C=O) groups is 3. The van der Waals surface area contributed by atoms with Crippen LogP contribution in [0.2, 0.25) is 0 Å². The summed E-state index contributed by atoms with van der Waals surface area (Å²) in [7, 11) is 1.89. The van der Waals surface area contributed by atoms with E-state index >= 15 is 0 Å². The summed E-state index contributed by atoms with van der Waals surface area (Å²) in [4.78, 5) is 40.6. The summed E-state index contributed by atoms with van der Waals surface area (Å²) in [6.07, 6.45) is -4.01. The molecule has 0 saturated carbocycles. The maximum absolute atomic E-state index is 12.8. The van der Waals surface area contributed by atoms with Gasteiger partial charge in [0.2, 0.25) is 5.91 Å². The molecule has 1 aliphatic heterocycles. The van der Waals surface area contributed by atoms with Crippen molar-refractivity contribution in [2.45, 2.75) is 38.3 Å². The molecule has 2 heterocycles. The number of rotatable bonds is 9. The Balaban J connectivity index is 1.07. The summed E-state index contributed by atoms with van der Waals surface area (Å²) in [6, 6.07) is 20.1. The minimum absolute atomic E-state index is 0.218. The summed E-state index contributed by atoms with van der Waals surface area (Å²) >= 11 is 1.000. The van der Waals surface area contributed by atoms with Crippen molar-refractivity contribution in [2.75, 3.05) is 10.6 Å². The number of imidazole rings is 1. The number of amides is 4. The number of nitrogens with one attached hydrogen (secondary N) is 3. The minimum Gasteiger partial charge on any atom is -0.486 e. The van der Waals surface area contributed by atoms with Gasteiger partial charge in [0.15, 0.2) is 0 Å². The van der Waals surface area contributed by atoms with E-state index in [4.69, 9.17) is 14.5 Å². The van der Waals surface area contributed by atoms with Gasteiger partial charge in [0.25, 0.3) is 5.24 Å². The van der Waals surface area contributed by atoms with Crippen molar-refractivity contribution in [3.8, 4) is 17.2 Å². The Hall–Kier alpha value is -5.50. The van der Waals surface area contributed by atoms with Crippen molar-refractivity contribution in [1.29, 1.82) is 0 Å². The first-order chi connectivity index (χ1) is 23.3. The molecule has 6 rings (SSSR count). The van der Waals surface area contributed by atoms with Gasteiger partial charge in [0.1, 0.15) is 29.7 Å². The number of fused-ring (bicyclic) bond motifs is 1. The van der Waals surface area contributed by atoms with Crippen LogP contribution in [0.4, 0.5) is 34.1 Å². The minimum atomic E-state index is -4.46. The van der Waals surface area contributed by atoms with Crippen molar-refractivity contribution in [2.24, 2.45) is 7.05 Å². The normalized spacial score (nSPS) is 14.5. The molecule has 1 unspecified atom stereocenters. The van der Waals surface area contributed by atoms with E-state index in [1.165, 1.54) is 12.1 Å². The number of urea groups is 1. The fraction of sp³-hybridized carbons (Fsp3) is 0.200. The molecule has 5 aromatic rings. The third-order valence-electron chi connectivity index (χ3n) is 7.87. The van der Waals surface area contributed by atoms with Gasteiger partial charge in [-0.1, -0.05) is 23.9 Å². The first-order valence-electron chi connectivity index (χ1n) is 15.1. The first kappa shape index (κ1) is 33.4. The van der Waals surface area contributed by atoms with E-state index < -0.39 is 23.0 Å². The number of aryl methyl sites for hydroxylation is 3. The highest BCUT2D eigenvalue weighted by Crippen LogP contribution is 2.33. The number of benzene rings is 4. The molecular formula is C35H30F3N5O5S. The Kier molecular flexibility index (Phi) is 9.24. The largest absolute Gasteiger partial charge is 0.486 e. The predicted molar refractivity (Wildman–Crippen MR) is 180 cm³/mol. The second-order valence-electron chi connectivity index (χ2n) is 11.4. The lowest BCUT2D eigenvalue weighted by molar-refractivity contribution is -0.137. The molecule has 0 bridgehead atoms. The van der Waals surface area contributed by atoms with Crippen LogP contribution in [0.3, 0.4) is 0 Å². The van der Waals surface area contributed by atoms with Crippen LogP contribution in [0.15, 0.2) is 78.9 Å². The van der Waals surface area contributed by atoms with Crippen molar-refractivity contribution < 1.29 is 37.0 Å². The fourth-order valence-corrected chi connectivity index (χ4v) is 6.22. The molecule has 1 aliphatic rings. The van der Waals surface area contributed by atoms with E-state index in [1.54, 1.807) is 12.1 Å². The summed E-state index contributed by atoms with van der Waals surface area (Å²) < 4.78 is 52.6. The molecule has 1 atom stereocenters. The van der Waals surface area contributed by atoms with Crippen molar-refractivity contribution in [3.63, 3.8) is 0 Å². The Morgan fingerprint density at radius 1 is 0.918 bits per heavy atom. The van der Waals surface area contributed by atoms with Crippen LogP contribution in [0.1, 0.15) is 28.1 Å². The smallest absolute Gasteiger partial charge is 0.416 e. The van der Waals surface area contributed by atoms with Crippen molar-refractivity contribution in [3.05, 3.63) is 107 Å². The van der Waals surface area contributed by atoms with E-state index in [2.05, 4.69) is 16.0 Å². The lowest BCUT2D eigenvalue weighted by Gasteiger charge is -2.15. The molecule has 10 nitrogen and oxygen atoms in total. The lowest BCUT2D eigenvalue weighted by atomic mass is 10.1. The molecule has 1 aromatic heterocycles. The number of hydrogen-bond donors (Lipinski definition) is 3. The zero-order valence-electron chi connectivity index (χ0n) is 26.5. The second kappa shape index (κ2) is 13.5. The Morgan fingerprint density at radius 2 is 1.59 bits per heavy atom. The van der Waals surface area contributed by atoms with Crippen LogP contribution in [-0.2, 0) is 31.0 Å². The van der Waals surface area contributed by atoms with E-state index in [1.807, 2.05) is 67.9 Å². The van der Waals surface area contributed by atoms with Crippen LogP contribution in [-0.4, -0.2) is 32.0 Å². The number of thioether (sulfide) groups is 1. The molecule has 1 saturated heterocycles. The van der Waals surface area contributed by atoms with E-state index in [0.29, 0.717) is 35.2 Å². The molecule has 49 heavy (non-hydrogen) atoms. The quantitative estimate of drug-likeness (QED) is 0.143. The highest BCUT2D eigenvalue weighted by molar-refractivity contribution is 8.15. The van der Waals surface area contributed by atoms with Gasteiger partial charge in [-0.3, -0.25) is 14.9 Å². The maximum atomic E-state index is 12.8. The predicted octanol–water partition coefficient (Wildman–Crippen LogP) is 8.12. The number of aromatic nitrogens is 2. The third-order valence-corrected chi connectivity index (χ3v) is 8.86. The zero-order valence-corrected chi connectivity index (χ0v) is 27.3. The van der Waals surface area contributed by atoms with Gasteiger partial charge >= 0.3 is 12.2 Å². The Morgan fingerprint density at radius 3 is 2.22 bits per heavy atom. The summed E-state index contributed by atoms with van der Waals surface area (Å²) in [5, 5.41) is 6.86. The summed E-state index contributed by atoms with van der Waals surface area (Å²) in [5.41, 5.74) is 3.94. The van der Waals surface area contributed by atoms with Crippen LogP contribution < -0.4 is 25.4 Å². The van der Waals surface area contributed by atoms with E-state index in [-0.39, 0.29) is 23.4 Å². The van der Waals surface area contributed by atoms with Crippen LogP contribution in [0.5, 0.6) is 17.2 Å². The summed E-state index contributed by atoms with van der Waals surface area (Å²) in [5.74, 6) is 2.20. The first-order valence-corrected chi connectivity index (χ1v) is 15.9. The number of ether oxygens (including phenoxy) is 2. The average molecular weight is 690 g/mol. The molecule has 3 N–H and O–H groups in total. The number of hydrogen-bond acceptors (Lipinski definition) is 7. The van der Waals surface area contributed by atoms with Crippen LogP contribution in [0.25, 0.3) is 11.0 Å². The SMILES string of the molecule is Cc1cc(Oc2ccc3nc(COc4ccc(CC5SC(=O)NC5=O)cc4)n(C)c3c2)cc(C)c1NC(=O)Nc1ccc(C(F)(F)F)cc1. The molecule has 0 aliphatic carbocycles. The van der Waals surface area contributed by atoms with Crippen LogP contribution in [0, 0.1) is 13.8 Å². The van der Waals surface area contributed by atoms with Gasteiger partial charge in [-0.05, 0) is 97.6 Å². The van der Waals surface area contributed by atoms with Gasteiger partial charge in [0.05, 0.1) is 21.8 Å². The lowest BCUT2D eigenvalue weighted by Crippen LogP contribution is -2.25. The van der Waals surface area contributed by atoms with Crippen molar-refractivity contribution >= 4 is 51.3 Å². The van der Waals surface area contributed by atoms with Crippen molar-refractivity contribution in [1.82, 2.24) is 14.9 Å². The molecule has 0 spiro atoms. The molecule has 4 amide bonds. The molecule has 252 valence electrons. The second-order valence-corrected chi connectivity index (χ2v) is 12.6. The number of carbonyl (C=O) groups excluding carboxylic acids is 3. The fourth-order valence-electron chi connectivity index (χ4n) is 5.36. The van der Waals surface area contributed by atoms with Gasteiger partial charge < -0.3 is 24.7 Å². The van der Waals surface area contributed by atoms with Gasteiger partial charge in [0, 0.05) is 24.5 Å². The van der Waals surface area contributed by atoms with E-state index in [9.17, 15) is 27.6 Å². The van der Waals surface area contributed by atoms with Gasteiger partial charge in [-0.25, -0.2) is 9.78 Å². The third kappa shape index (κ3) is 7.81. The van der Waals surface area contributed by atoms with Gasteiger partial charge in [-0.2, -0.15) is 13.2 Å². The number of nitrogens with zero attached hydrogens (tertiary/aromatic N) is 2. The van der Waals surface area contributed by atoms with E-state index in [0.717, 1.165) is 51.6 Å². The number of alkyl halides is 3. The average Bonchev–Trinajstić information content (AvgIpc) is 3.54. The highest BCUT2D eigenvalue weighted by Gasteiger charge is 2.31.